The van der Waals surface area contributed by atoms with E-state index in [0.29, 0.717) is 34.3 Å². The summed E-state index contributed by atoms with van der Waals surface area (Å²) in [6, 6.07) is 10.7. The molecule has 0 fully saturated rings. The zero-order valence-corrected chi connectivity index (χ0v) is 17.3. The first-order valence-electron chi connectivity index (χ1n) is 9.51. The van der Waals surface area contributed by atoms with Crippen molar-refractivity contribution in [2.75, 3.05) is 14.2 Å². The maximum absolute atomic E-state index is 13.1. The average molecular weight is 413 g/mol. The number of hydrogen-bond donors (Lipinski definition) is 1. The molecule has 1 amide bonds. The Morgan fingerprint density at radius 1 is 1.10 bits per heavy atom. The van der Waals surface area contributed by atoms with Gasteiger partial charge in [-0.3, -0.25) is 4.79 Å². The third-order valence-electron chi connectivity index (χ3n) is 4.61. The summed E-state index contributed by atoms with van der Waals surface area (Å²) in [6.45, 7) is 3.90. The number of halogens is 1. The molecule has 2 aromatic carbocycles. The van der Waals surface area contributed by atoms with Crippen molar-refractivity contribution in [1.29, 1.82) is 0 Å². The van der Waals surface area contributed by atoms with Crippen LogP contribution in [0.25, 0.3) is 11.4 Å². The molecule has 1 N–H and O–H groups in total. The number of carbonyl (C=O) groups is 1. The fraction of sp³-hybridized carbons (Fsp3) is 0.318. The summed E-state index contributed by atoms with van der Waals surface area (Å²) in [5.41, 5.74) is 1.41. The Balaban J connectivity index is 1.76. The smallest absolute Gasteiger partial charge is 0.249 e. The number of ether oxygens (including phenoxy) is 2. The fourth-order valence-electron chi connectivity index (χ4n) is 2.98. The molecule has 158 valence electrons. The van der Waals surface area contributed by atoms with Gasteiger partial charge >= 0.3 is 0 Å². The Kier molecular flexibility index (Phi) is 6.66. The molecule has 1 atom stereocenters. The van der Waals surface area contributed by atoms with Gasteiger partial charge in [-0.15, -0.1) is 0 Å². The number of hydrogen-bond acceptors (Lipinski definition) is 6. The molecule has 7 nitrogen and oxygen atoms in total. The van der Waals surface area contributed by atoms with Crippen molar-refractivity contribution in [1.82, 2.24) is 15.5 Å². The zero-order valence-electron chi connectivity index (χ0n) is 17.3. The second-order valence-electron chi connectivity index (χ2n) is 7.12. The summed E-state index contributed by atoms with van der Waals surface area (Å²) in [5, 5.41) is 6.97. The van der Waals surface area contributed by atoms with E-state index in [1.807, 2.05) is 13.8 Å². The Morgan fingerprint density at radius 3 is 2.43 bits per heavy atom. The quantitative estimate of drug-likeness (QED) is 0.602. The molecule has 0 saturated carbocycles. The summed E-state index contributed by atoms with van der Waals surface area (Å²) in [6.07, 6.45) is 0.125. The number of methoxy groups -OCH3 is 2. The first-order valence-corrected chi connectivity index (χ1v) is 9.51. The molecule has 1 aromatic heterocycles. The van der Waals surface area contributed by atoms with Gasteiger partial charge in [0.1, 0.15) is 11.9 Å². The van der Waals surface area contributed by atoms with E-state index >= 15 is 0 Å². The minimum absolute atomic E-state index is 0.0147. The van der Waals surface area contributed by atoms with E-state index in [1.165, 1.54) is 12.1 Å². The van der Waals surface area contributed by atoms with E-state index < -0.39 is 6.04 Å². The van der Waals surface area contributed by atoms with Gasteiger partial charge in [-0.05, 0) is 41.8 Å². The molecule has 3 rings (SSSR count). The minimum Gasteiger partial charge on any atom is -0.493 e. The molecule has 0 aliphatic carbocycles. The van der Waals surface area contributed by atoms with Crippen LogP contribution in [0.4, 0.5) is 4.39 Å². The third kappa shape index (κ3) is 4.94. The molecule has 0 radical (unpaired) electrons. The Morgan fingerprint density at radius 2 is 1.80 bits per heavy atom. The SMILES string of the molecule is COc1ccc(-c2noc([C@H](NC(=O)Cc3ccc(F)cc3)C(C)C)n2)cc1OC. The summed E-state index contributed by atoms with van der Waals surface area (Å²) >= 11 is 0. The topological polar surface area (TPSA) is 86.5 Å². The first kappa shape index (κ1) is 21.3. The summed E-state index contributed by atoms with van der Waals surface area (Å²) in [7, 11) is 3.11. The van der Waals surface area contributed by atoms with Gasteiger partial charge in [-0.25, -0.2) is 4.39 Å². The van der Waals surface area contributed by atoms with E-state index in [2.05, 4.69) is 15.5 Å². The summed E-state index contributed by atoms with van der Waals surface area (Å²) < 4.78 is 29.1. The third-order valence-corrected chi connectivity index (χ3v) is 4.61. The number of benzene rings is 2. The molecule has 8 heteroatoms. The molecule has 0 aliphatic heterocycles. The number of aromatic nitrogens is 2. The van der Waals surface area contributed by atoms with Gasteiger partial charge in [0.15, 0.2) is 11.5 Å². The maximum atomic E-state index is 13.1. The summed E-state index contributed by atoms with van der Waals surface area (Å²) in [5.74, 6) is 1.29. The van der Waals surface area contributed by atoms with E-state index in [-0.39, 0.29) is 24.1 Å². The Labute approximate surface area is 174 Å². The Hall–Kier alpha value is -3.42. The van der Waals surface area contributed by atoms with Crippen LogP contribution >= 0.6 is 0 Å². The molecular formula is C22H24FN3O4. The monoisotopic (exact) mass is 413 g/mol. The predicted molar refractivity (Wildman–Crippen MR) is 109 cm³/mol. The van der Waals surface area contributed by atoms with Crippen LogP contribution in [0.2, 0.25) is 0 Å². The van der Waals surface area contributed by atoms with Gasteiger partial charge in [0.2, 0.25) is 17.6 Å². The van der Waals surface area contributed by atoms with E-state index in [9.17, 15) is 9.18 Å². The van der Waals surface area contributed by atoms with Gasteiger partial charge in [-0.1, -0.05) is 31.1 Å². The number of carbonyl (C=O) groups excluding carboxylic acids is 1. The minimum atomic E-state index is -0.459. The number of rotatable bonds is 8. The maximum Gasteiger partial charge on any atom is 0.249 e. The van der Waals surface area contributed by atoms with Crippen molar-refractivity contribution in [2.24, 2.45) is 5.92 Å². The van der Waals surface area contributed by atoms with Crippen molar-refractivity contribution in [3.63, 3.8) is 0 Å². The second kappa shape index (κ2) is 9.39. The van der Waals surface area contributed by atoms with Gasteiger partial charge < -0.3 is 19.3 Å². The number of nitrogens with zero attached hydrogens (tertiary/aromatic N) is 2. The van der Waals surface area contributed by atoms with Crippen LogP contribution in [0.1, 0.15) is 31.3 Å². The highest BCUT2D eigenvalue weighted by Crippen LogP contribution is 2.32. The standard InChI is InChI=1S/C22H24FN3O4/c1-13(2)20(24-19(27)11-14-5-8-16(23)9-6-14)22-25-21(26-30-22)15-7-10-17(28-3)18(12-15)29-4/h5-10,12-13,20H,11H2,1-4H3,(H,24,27)/t20-/m1/s1. The van der Waals surface area contributed by atoms with E-state index in [4.69, 9.17) is 14.0 Å². The molecule has 0 spiro atoms. The van der Waals surface area contributed by atoms with Crippen molar-refractivity contribution in [3.05, 3.63) is 59.7 Å². The van der Waals surface area contributed by atoms with Crippen LogP contribution in [0.3, 0.4) is 0 Å². The van der Waals surface area contributed by atoms with Crippen LogP contribution in [-0.4, -0.2) is 30.3 Å². The van der Waals surface area contributed by atoms with Gasteiger partial charge in [0.25, 0.3) is 0 Å². The Bertz CT molecular complexity index is 1000. The molecular weight excluding hydrogens is 389 g/mol. The molecule has 0 unspecified atom stereocenters. The highest BCUT2D eigenvalue weighted by atomic mass is 19.1. The molecule has 0 saturated heterocycles. The lowest BCUT2D eigenvalue weighted by Crippen LogP contribution is -2.33. The van der Waals surface area contributed by atoms with Gasteiger partial charge in [0, 0.05) is 5.56 Å². The number of nitrogens with one attached hydrogen (secondary N) is 1. The molecule has 0 aliphatic rings. The zero-order chi connectivity index (χ0) is 21.7. The second-order valence-corrected chi connectivity index (χ2v) is 7.12. The molecule has 30 heavy (non-hydrogen) atoms. The lowest BCUT2D eigenvalue weighted by atomic mass is 10.0. The van der Waals surface area contributed by atoms with Crippen LogP contribution in [0.5, 0.6) is 11.5 Å². The highest BCUT2D eigenvalue weighted by Gasteiger charge is 2.25. The summed E-state index contributed by atoms with van der Waals surface area (Å²) in [4.78, 5) is 17.0. The largest absolute Gasteiger partial charge is 0.493 e. The molecule has 3 aromatic rings. The first-order chi connectivity index (χ1) is 14.4. The van der Waals surface area contributed by atoms with Crippen molar-refractivity contribution >= 4 is 5.91 Å². The van der Waals surface area contributed by atoms with E-state index in [1.54, 1.807) is 44.6 Å². The molecule has 1 heterocycles. The van der Waals surface area contributed by atoms with Crippen LogP contribution < -0.4 is 14.8 Å². The van der Waals surface area contributed by atoms with Crippen LogP contribution in [0.15, 0.2) is 47.0 Å². The van der Waals surface area contributed by atoms with Crippen LogP contribution in [-0.2, 0) is 11.2 Å². The van der Waals surface area contributed by atoms with Gasteiger partial charge in [-0.2, -0.15) is 4.98 Å². The predicted octanol–water partition coefficient (Wildman–Crippen LogP) is 3.95. The lowest BCUT2D eigenvalue weighted by molar-refractivity contribution is -0.121. The fourth-order valence-corrected chi connectivity index (χ4v) is 2.98. The molecule has 0 bridgehead atoms. The van der Waals surface area contributed by atoms with Crippen molar-refractivity contribution < 1.29 is 23.2 Å². The average Bonchev–Trinajstić information content (AvgIpc) is 3.22. The normalized spacial score (nSPS) is 11.9. The van der Waals surface area contributed by atoms with Crippen LogP contribution in [0, 0.1) is 11.7 Å². The van der Waals surface area contributed by atoms with Crippen molar-refractivity contribution in [3.8, 4) is 22.9 Å². The van der Waals surface area contributed by atoms with Crippen molar-refractivity contribution in [2.45, 2.75) is 26.3 Å². The van der Waals surface area contributed by atoms with E-state index in [0.717, 1.165) is 0 Å². The highest BCUT2D eigenvalue weighted by molar-refractivity contribution is 5.79. The lowest BCUT2D eigenvalue weighted by Gasteiger charge is -2.18. The number of amides is 1. The van der Waals surface area contributed by atoms with Gasteiger partial charge in [0.05, 0.1) is 20.6 Å².